The second-order valence-electron chi connectivity index (χ2n) is 14.6. The molecule has 10 heteroatoms. The first-order valence-corrected chi connectivity index (χ1v) is 23.0. The average Bonchev–Trinajstić information content (AvgIpc) is 3.11. The van der Waals surface area contributed by atoms with Crippen molar-refractivity contribution in [2.24, 2.45) is 5.73 Å². The van der Waals surface area contributed by atoms with Crippen LogP contribution in [0.1, 0.15) is 219 Å². The summed E-state index contributed by atoms with van der Waals surface area (Å²) in [6, 6.07) is 0. The Hall–Kier alpha value is -0.990. The van der Waals surface area contributed by atoms with Crippen LogP contribution in [-0.4, -0.2) is 49.3 Å². The largest absolute Gasteiger partial charge is 0.472 e. The van der Waals surface area contributed by atoms with Crippen molar-refractivity contribution < 1.29 is 37.6 Å². The molecule has 0 saturated carbocycles. The van der Waals surface area contributed by atoms with Gasteiger partial charge in [-0.25, -0.2) is 4.57 Å². The van der Waals surface area contributed by atoms with Crippen LogP contribution in [0.15, 0.2) is 0 Å². The number of hydrogen-bond donors (Lipinski definition) is 2. The summed E-state index contributed by atoms with van der Waals surface area (Å²) < 4.78 is 32.8. The summed E-state index contributed by atoms with van der Waals surface area (Å²) in [6.45, 7) is 3.77. The molecule has 0 saturated heterocycles. The molecule has 3 N–H and O–H groups in total. The molecule has 0 aromatic heterocycles. The molecular formula is C41H82NO8P. The quantitative estimate of drug-likeness (QED) is 0.0356. The minimum absolute atomic E-state index is 0.0580. The van der Waals surface area contributed by atoms with Crippen LogP contribution in [0, 0.1) is 0 Å². The molecule has 0 heterocycles. The van der Waals surface area contributed by atoms with Crippen LogP contribution >= 0.6 is 7.82 Å². The first-order valence-electron chi connectivity index (χ1n) is 21.5. The Morgan fingerprint density at radius 1 is 0.510 bits per heavy atom. The summed E-state index contributed by atoms with van der Waals surface area (Å²) in [5.41, 5.74) is 5.34. The maximum absolute atomic E-state index is 12.6. The highest BCUT2D eigenvalue weighted by Gasteiger charge is 2.26. The molecule has 0 bridgehead atoms. The maximum Gasteiger partial charge on any atom is 0.472 e. The van der Waals surface area contributed by atoms with Gasteiger partial charge in [-0.1, -0.05) is 194 Å². The summed E-state index contributed by atoms with van der Waals surface area (Å²) in [7, 11) is -4.37. The van der Waals surface area contributed by atoms with Crippen LogP contribution < -0.4 is 5.73 Å². The van der Waals surface area contributed by atoms with Crippen LogP contribution in [0.5, 0.6) is 0 Å². The third kappa shape index (κ3) is 38.5. The number of rotatable bonds is 41. The molecule has 51 heavy (non-hydrogen) atoms. The number of nitrogens with two attached hydrogens (primary N) is 1. The van der Waals surface area contributed by atoms with Crippen molar-refractivity contribution in [2.45, 2.75) is 225 Å². The van der Waals surface area contributed by atoms with Gasteiger partial charge in [0, 0.05) is 19.4 Å². The summed E-state index contributed by atoms with van der Waals surface area (Å²) in [6.07, 6.45) is 37.0. The lowest BCUT2D eigenvalue weighted by molar-refractivity contribution is -0.161. The molecule has 0 aliphatic rings. The van der Waals surface area contributed by atoms with Crippen molar-refractivity contribution in [3.63, 3.8) is 0 Å². The van der Waals surface area contributed by atoms with Crippen molar-refractivity contribution in [3.05, 3.63) is 0 Å². The van der Waals surface area contributed by atoms with Crippen LogP contribution in [-0.2, 0) is 32.7 Å². The summed E-state index contributed by atoms with van der Waals surface area (Å²) in [4.78, 5) is 34.8. The Labute approximate surface area is 314 Å². The van der Waals surface area contributed by atoms with Gasteiger partial charge in [-0.3, -0.25) is 18.6 Å². The average molecular weight is 748 g/mol. The SMILES string of the molecule is CCCCCCCCCCCCCCCCCCC(=O)OC(COC(=O)CCCCCCCCCCCCCCCC)COP(=O)(O)OCCN. The lowest BCUT2D eigenvalue weighted by atomic mass is 10.0. The van der Waals surface area contributed by atoms with E-state index in [0.717, 1.165) is 32.1 Å². The number of phosphoric acid groups is 1. The first-order chi connectivity index (χ1) is 24.8. The Kier molecular flexibility index (Phi) is 38.0. The van der Waals surface area contributed by atoms with E-state index in [-0.39, 0.29) is 38.6 Å². The lowest BCUT2D eigenvalue weighted by Crippen LogP contribution is -2.29. The highest BCUT2D eigenvalue weighted by Crippen LogP contribution is 2.43. The molecule has 0 radical (unpaired) electrons. The maximum atomic E-state index is 12.6. The van der Waals surface area contributed by atoms with Gasteiger partial charge in [0.05, 0.1) is 13.2 Å². The van der Waals surface area contributed by atoms with E-state index in [2.05, 4.69) is 13.8 Å². The van der Waals surface area contributed by atoms with Crippen LogP contribution in [0.2, 0.25) is 0 Å². The predicted molar refractivity (Wildman–Crippen MR) is 211 cm³/mol. The van der Waals surface area contributed by atoms with Gasteiger partial charge >= 0.3 is 19.8 Å². The van der Waals surface area contributed by atoms with E-state index < -0.39 is 26.5 Å². The molecule has 9 nitrogen and oxygen atoms in total. The Morgan fingerprint density at radius 2 is 0.843 bits per heavy atom. The number of carbonyl (C=O) groups is 2. The number of esters is 2. The zero-order chi connectivity index (χ0) is 37.5. The predicted octanol–water partition coefficient (Wildman–Crippen LogP) is 12.1. The van der Waals surface area contributed by atoms with Crippen molar-refractivity contribution in [2.75, 3.05) is 26.4 Å². The summed E-state index contributed by atoms with van der Waals surface area (Å²) in [5.74, 6) is -0.813. The second kappa shape index (κ2) is 38.7. The number of carbonyl (C=O) groups excluding carboxylic acids is 2. The Morgan fingerprint density at radius 3 is 1.20 bits per heavy atom. The molecule has 0 aromatic rings. The van der Waals surface area contributed by atoms with Crippen molar-refractivity contribution in [1.29, 1.82) is 0 Å². The molecule has 304 valence electrons. The van der Waals surface area contributed by atoms with E-state index >= 15 is 0 Å². The van der Waals surface area contributed by atoms with Crippen LogP contribution in [0.4, 0.5) is 0 Å². The second-order valence-corrected chi connectivity index (χ2v) is 16.0. The van der Waals surface area contributed by atoms with Crippen molar-refractivity contribution in [1.82, 2.24) is 0 Å². The zero-order valence-electron chi connectivity index (χ0n) is 33.4. The molecular weight excluding hydrogens is 665 g/mol. The molecule has 0 aliphatic heterocycles. The van der Waals surface area contributed by atoms with Gasteiger partial charge < -0.3 is 20.1 Å². The normalized spacial score (nSPS) is 13.3. The van der Waals surface area contributed by atoms with E-state index in [4.69, 9.17) is 24.3 Å². The molecule has 2 atom stereocenters. The molecule has 0 fully saturated rings. The molecule has 0 aromatic carbocycles. The third-order valence-electron chi connectivity index (χ3n) is 9.49. The fourth-order valence-electron chi connectivity index (χ4n) is 6.28. The topological polar surface area (TPSA) is 134 Å². The third-order valence-corrected chi connectivity index (χ3v) is 10.5. The van der Waals surface area contributed by atoms with Crippen molar-refractivity contribution >= 4 is 19.8 Å². The van der Waals surface area contributed by atoms with Gasteiger partial charge in [0.2, 0.25) is 0 Å². The van der Waals surface area contributed by atoms with E-state index in [9.17, 15) is 19.0 Å². The first kappa shape index (κ1) is 50.0. The van der Waals surface area contributed by atoms with Crippen LogP contribution in [0.3, 0.4) is 0 Å². The van der Waals surface area contributed by atoms with Gasteiger partial charge in [0.1, 0.15) is 6.61 Å². The number of unbranched alkanes of at least 4 members (excludes halogenated alkanes) is 28. The Bertz CT molecular complexity index is 815. The number of ether oxygens (including phenoxy) is 2. The fourth-order valence-corrected chi connectivity index (χ4v) is 7.05. The summed E-state index contributed by atoms with van der Waals surface area (Å²) >= 11 is 0. The highest BCUT2D eigenvalue weighted by molar-refractivity contribution is 7.47. The smallest absolute Gasteiger partial charge is 0.462 e. The van der Waals surface area contributed by atoms with Crippen LogP contribution in [0.25, 0.3) is 0 Å². The zero-order valence-corrected chi connectivity index (χ0v) is 34.3. The minimum Gasteiger partial charge on any atom is -0.462 e. The van der Waals surface area contributed by atoms with E-state index in [1.807, 2.05) is 0 Å². The minimum atomic E-state index is -4.37. The standard InChI is InChI=1S/C41H82NO8P/c1-3-5-7-9-11-13-15-17-19-20-22-24-26-28-30-32-34-41(44)50-39(38-49-51(45,46)48-36-35-42)37-47-40(43)33-31-29-27-25-23-21-18-16-14-12-10-8-6-4-2/h39H,3-38,42H2,1-2H3,(H,45,46). The molecule has 0 aliphatic carbocycles. The van der Waals surface area contributed by atoms with Gasteiger partial charge in [-0.05, 0) is 12.8 Å². The van der Waals surface area contributed by atoms with E-state index in [1.165, 1.54) is 154 Å². The van der Waals surface area contributed by atoms with Gasteiger partial charge in [0.15, 0.2) is 6.10 Å². The fraction of sp³-hybridized carbons (Fsp3) is 0.951. The lowest BCUT2D eigenvalue weighted by Gasteiger charge is -2.19. The monoisotopic (exact) mass is 748 g/mol. The van der Waals surface area contributed by atoms with Crippen molar-refractivity contribution in [3.8, 4) is 0 Å². The molecule has 0 spiro atoms. The van der Waals surface area contributed by atoms with Gasteiger partial charge in [-0.2, -0.15) is 0 Å². The highest BCUT2D eigenvalue weighted by atomic mass is 31.2. The van der Waals surface area contributed by atoms with Gasteiger partial charge in [0.25, 0.3) is 0 Å². The van der Waals surface area contributed by atoms with E-state index in [0.29, 0.717) is 6.42 Å². The van der Waals surface area contributed by atoms with Gasteiger partial charge in [-0.15, -0.1) is 0 Å². The molecule has 0 amide bonds. The molecule has 2 unspecified atom stereocenters. The summed E-state index contributed by atoms with van der Waals surface area (Å²) in [5, 5.41) is 0. The van der Waals surface area contributed by atoms with E-state index in [1.54, 1.807) is 0 Å². The number of hydrogen-bond acceptors (Lipinski definition) is 8. The Balaban J connectivity index is 4.11. The number of phosphoric ester groups is 1. The molecule has 0 rings (SSSR count).